The first-order valence-corrected chi connectivity index (χ1v) is 11.3. The van der Waals surface area contributed by atoms with E-state index in [4.69, 9.17) is 0 Å². The van der Waals surface area contributed by atoms with Crippen LogP contribution in [0.15, 0.2) is 136 Å². The van der Waals surface area contributed by atoms with Crippen molar-refractivity contribution < 1.29 is 0 Å². The molecule has 0 amide bonds. The second-order valence-electron chi connectivity index (χ2n) is 7.69. The molecule has 0 heteroatoms. The van der Waals surface area contributed by atoms with Gasteiger partial charge in [0.2, 0.25) is 0 Å². The Morgan fingerprint density at radius 3 is 1.82 bits per heavy atom. The van der Waals surface area contributed by atoms with Gasteiger partial charge in [-0.05, 0) is 60.6 Å². The van der Waals surface area contributed by atoms with Crippen molar-refractivity contribution in [2.45, 2.75) is 33.1 Å². The van der Waals surface area contributed by atoms with E-state index < -0.39 is 0 Å². The molecule has 0 aliphatic rings. The van der Waals surface area contributed by atoms with Gasteiger partial charge in [-0.1, -0.05) is 115 Å². The average molecular weight is 435 g/mol. The molecule has 0 atom stereocenters. The molecule has 0 unspecified atom stereocenters. The van der Waals surface area contributed by atoms with E-state index in [-0.39, 0.29) is 0 Å². The van der Waals surface area contributed by atoms with Crippen LogP contribution in [0, 0.1) is 13.8 Å². The standard InChI is InChI=1S/C18H20.C11H10.2C2H4/c1-15-8-12-18(13-9-15)14-16(2)10-11-17-6-4-3-5-7-17;1-9-5-4-7-10-6-2-3-8-11(9)10;2*1-2/h3-9,12-13H,2,10-11,14H2,1H3;2-8H,1H3;2*1-2H2. The molecular weight excluding hydrogens is 396 g/mol. The van der Waals surface area contributed by atoms with E-state index in [1.165, 1.54) is 38.6 Å². The molecule has 0 aromatic heterocycles. The summed E-state index contributed by atoms with van der Waals surface area (Å²) in [5.74, 6) is 0. The fourth-order valence-corrected chi connectivity index (χ4v) is 3.44. The number of hydrogen-bond acceptors (Lipinski definition) is 0. The van der Waals surface area contributed by atoms with Gasteiger partial charge >= 0.3 is 0 Å². The Hall–Kier alpha value is -3.64. The summed E-state index contributed by atoms with van der Waals surface area (Å²) in [6.45, 7) is 20.4. The third-order valence-corrected chi connectivity index (χ3v) is 5.19. The zero-order valence-electron chi connectivity index (χ0n) is 20.4. The Morgan fingerprint density at radius 2 is 1.18 bits per heavy atom. The molecule has 0 radical (unpaired) electrons. The fraction of sp³-hybridized carbons (Fsp3) is 0.152. The third kappa shape index (κ3) is 10.0. The Balaban J connectivity index is 0.000000310. The first-order valence-electron chi connectivity index (χ1n) is 11.3. The highest BCUT2D eigenvalue weighted by atomic mass is 14.0. The molecule has 0 N–H and O–H groups in total. The van der Waals surface area contributed by atoms with Crippen LogP contribution in [-0.2, 0) is 12.8 Å². The maximum absolute atomic E-state index is 4.19. The van der Waals surface area contributed by atoms with Crippen LogP contribution in [0.4, 0.5) is 0 Å². The Bertz CT molecular complexity index is 1060. The highest BCUT2D eigenvalue weighted by Crippen LogP contribution is 2.17. The van der Waals surface area contributed by atoms with Gasteiger partial charge in [0.05, 0.1) is 0 Å². The van der Waals surface area contributed by atoms with Crippen molar-refractivity contribution >= 4 is 10.8 Å². The molecule has 4 rings (SSSR count). The predicted octanol–water partition coefficient (Wildman–Crippen LogP) is 9.48. The van der Waals surface area contributed by atoms with Crippen LogP contribution in [0.3, 0.4) is 0 Å². The summed E-state index contributed by atoms with van der Waals surface area (Å²) in [4.78, 5) is 0. The minimum absolute atomic E-state index is 0.993. The van der Waals surface area contributed by atoms with Gasteiger partial charge in [-0.3, -0.25) is 0 Å². The summed E-state index contributed by atoms with van der Waals surface area (Å²) in [5, 5.41) is 2.68. The molecule has 4 aromatic carbocycles. The predicted molar refractivity (Wildman–Crippen MR) is 150 cm³/mol. The van der Waals surface area contributed by atoms with Crippen molar-refractivity contribution in [1.82, 2.24) is 0 Å². The molecular formula is C33H38. The van der Waals surface area contributed by atoms with Crippen molar-refractivity contribution in [3.05, 3.63) is 158 Å². The highest BCUT2D eigenvalue weighted by molar-refractivity contribution is 5.85. The van der Waals surface area contributed by atoms with Crippen LogP contribution in [0.25, 0.3) is 10.8 Å². The SMILES string of the molecule is C=C.C=C.C=C(CCc1ccccc1)Cc1ccc(C)cc1.Cc1cccc2ccccc12. The molecule has 0 fully saturated rings. The Kier molecular flexibility index (Phi) is 13.3. The summed E-state index contributed by atoms with van der Waals surface area (Å²) in [6, 6.07) is 34.2. The van der Waals surface area contributed by atoms with Crippen molar-refractivity contribution in [1.29, 1.82) is 0 Å². The number of aryl methyl sites for hydroxylation is 3. The molecule has 33 heavy (non-hydrogen) atoms. The van der Waals surface area contributed by atoms with Gasteiger partial charge in [-0.15, -0.1) is 26.3 Å². The molecule has 0 saturated heterocycles. The second-order valence-corrected chi connectivity index (χ2v) is 7.69. The lowest BCUT2D eigenvalue weighted by molar-refractivity contribution is 0.904. The van der Waals surface area contributed by atoms with Gasteiger partial charge in [0.1, 0.15) is 0 Å². The summed E-state index contributed by atoms with van der Waals surface area (Å²) >= 11 is 0. The summed E-state index contributed by atoms with van der Waals surface area (Å²) in [7, 11) is 0. The first kappa shape index (κ1) is 27.4. The van der Waals surface area contributed by atoms with E-state index in [0.29, 0.717) is 0 Å². The molecule has 170 valence electrons. The van der Waals surface area contributed by atoms with E-state index >= 15 is 0 Å². The minimum Gasteiger partial charge on any atom is -0.106 e. The molecule has 0 saturated carbocycles. The topological polar surface area (TPSA) is 0 Å². The van der Waals surface area contributed by atoms with Gasteiger partial charge in [0.15, 0.2) is 0 Å². The van der Waals surface area contributed by atoms with Crippen molar-refractivity contribution in [2.24, 2.45) is 0 Å². The molecule has 0 aliphatic carbocycles. The lowest BCUT2D eigenvalue weighted by atomic mass is 9.99. The summed E-state index contributed by atoms with van der Waals surface area (Å²) in [5.41, 5.74) is 6.72. The number of benzene rings is 4. The second kappa shape index (κ2) is 16.1. The highest BCUT2D eigenvalue weighted by Gasteiger charge is 1.99. The van der Waals surface area contributed by atoms with Crippen molar-refractivity contribution in [2.75, 3.05) is 0 Å². The number of fused-ring (bicyclic) bond motifs is 1. The molecule has 4 aromatic rings. The van der Waals surface area contributed by atoms with Crippen LogP contribution in [0.5, 0.6) is 0 Å². The summed E-state index contributed by atoms with van der Waals surface area (Å²) in [6.07, 6.45) is 3.15. The maximum atomic E-state index is 4.19. The van der Waals surface area contributed by atoms with Gasteiger partial charge in [-0.2, -0.15) is 0 Å². The fourth-order valence-electron chi connectivity index (χ4n) is 3.44. The molecule has 0 heterocycles. The number of rotatable bonds is 5. The van der Waals surface area contributed by atoms with Crippen molar-refractivity contribution in [3.63, 3.8) is 0 Å². The van der Waals surface area contributed by atoms with Crippen molar-refractivity contribution in [3.8, 4) is 0 Å². The summed E-state index contributed by atoms with van der Waals surface area (Å²) < 4.78 is 0. The van der Waals surface area contributed by atoms with Gasteiger partial charge in [0, 0.05) is 0 Å². The van der Waals surface area contributed by atoms with Gasteiger partial charge in [-0.25, -0.2) is 0 Å². The average Bonchev–Trinajstić information content (AvgIpc) is 2.88. The van der Waals surface area contributed by atoms with Crippen LogP contribution in [-0.4, -0.2) is 0 Å². The van der Waals surface area contributed by atoms with E-state index in [0.717, 1.165) is 19.3 Å². The zero-order valence-corrected chi connectivity index (χ0v) is 20.4. The lowest BCUT2D eigenvalue weighted by Gasteiger charge is -2.06. The van der Waals surface area contributed by atoms with E-state index in [1.54, 1.807) is 0 Å². The first-order chi connectivity index (χ1) is 16.1. The lowest BCUT2D eigenvalue weighted by Crippen LogP contribution is -1.93. The van der Waals surface area contributed by atoms with Crippen LogP contribution >= 0.6 is 0 Å². The quantitative estimate of drug-likeness (QED) is 0.274. The van der Waals surface area contributed by atoms with Crippen LogP contribution < -0.4 is 0 Å². The Morgan fingerprint density at radius 1 is 0.606 bits per heavy atom. The smallest absolute Gasteiger partial charge is 0.00697 e. The molecule has 0 nitrogen and oxygen atoms in total. The maximum Gasteiger partial charge on any atom is -0.00697 e. The van der Waals surface area contributed by atoms with E-state index in [9.17, 15) is 0 Å². The van der Waals surface area contributed by atoms with Crippen LogP contribution in [0.2, 0.25) is 0 Å². The van der Waals surface area contributed by atoms with Gasteiger partial charge in [0.25, 0.3) is 0 Å². The van der Waals surface area contributed by atoms with E-state index in [1.807, 2.05) is 0 Å². The normalized spacial score (nSPS) is 9.27. The monoisotopic (exact) mass is 434 g/mol. The third-order valence-electron chi connectivity index (χ3n) is 5.19. The van der Waals surface area contributed by atoms with E-state index in [2.05, 4.69) is 144 Å². The van der Waals surface area contributed by atoms with Gasteiger partial charge < -0.3 is 0 Å². The molecule has 0 bridgehead atoms. The number of hydrogen-bond donors (Lipinski definition) is 0. The van der Waals surface area contributed by atoms with Crippen LogP contribution in [0.1, 0.15) is 28.7 Å². The molecule has 0 aliphatic heterocycles. The number of allylic oxidation sites excluding steroid dienone is 1. The largest absolute Gasteiger partial charge is 0.106 e. The zero-order chi connectivity index (χ0) is 24.5. The Labute approximate surface area is 201 Å². The molecule has 0 spiro atoms. The minimum atomic E-state index is 0.993.